The lowest BCUT2D eigenvalue weighted by Crippen LogP contribution is -2.59. The molecule has 2 fully saturated rings. The first-order valence-corrected chi connectivity index (χ1v) is 9.56. The van der Waals surface area contributed by atoms with Crippen molar-refractivity contribution < 1.29 is 19.2 Å². The zero-order valence-corrected chi connectivity index (χ0v) is 17.3. The maximum Gasteiger partial charge on any atom is 0.409 e. The minimum absolute atomic E-state index is 0. The Morgan fingerprint density at radius 1 is 1.17 bits per heavy atom. The average Bonchev–Trinajstić information content (AvgIpc) is 3.20. The number of methoxy groups -OCH3 is 1. The van der Waals surface area contributed by atoms with Crippen LogP contribution in [0.4, 0.5) is 10.5 Å². The zero-order chi connectivity index (χ0) is 20.1. The highest BCUT2D eigenvalue weighted by Gasteiger charge is 2.35. The summed E-state index contributed by atoms with van der Waals surface area (Å²) in [4.78, 5) is 41.4. The van der Waals surface area contributed by atoms with Gasteiger partial charge < -0.3 is 19.4 Å². The first kappa shape index (κ1) is 22.9. The minimum atomic E-state index is -0.459. The molecule has 29 heavy (non-hydrogen) atoms. The molecule has 0 saturated carbocycles. The fraction of sp³-hybridized carbons (Fsp3) is 0.579. The Morgan fingerprint density at radius 3 is 2.52 bits per heavy atom. The molecular formula is C19H27ClN4O5. The molecule has 2 saturated heterocycles. The molecule has 1 aromatic carbocycles. The van der Waals surface area contributed by atoms with Crippen LogP contribution >= 0.6 is 12.4 Å². The number of ether oxygens (including phenoxy) is 1. The molecule has 1 aromatic rings. The monoisotopic (exact) mass is 426 g/mol. The van der Waals surface area contributed by atoms with Gasteiger partial charge in [0, 0.05) is 37.8 Å². The summed E-state index contributed by atoms with van der Waals surface area (Å²) < 4.78 is 4.84. The fourth-order valence-electron chi connectivity index (χ4n) is 4.00. The van der Waals surface area contributed by atoms with Crippen molar-refractivity contribution in [2.45, 2.75) is 25.3 Å². The van der Waals surface area contributed by atoms with Gasteiger partial charge in [-0.15, -0.1) is 12.4 Å². The Kier molecular flexibility index (Phi) is 8.21. The average molecular weight is 427 g/mol. The molecule has 1 unspecified atom stereocenters. The van der Waals surface area contributed by atoms with E-state index in [1.54, 1.807) is 28.0 Å². The van der Waals surface area contributed by atoms with E-state index in [2.05, 4.69) is 4.90 Å². The van der Waals surface area contributed by atoms with Crippen molar-refractivity contribution in [3.63, 3.8) is 0 Å². The van der Waals surface area contributed by atoms with Crippen molar-refractivity contribution in [2.75, 3.05) is 46.4 Å². The molecule has 9 nitrogen and oxygen atoms in total. The number of likely N-dealkylation sites (tertiary alicyclic amines) is 1. The van der Waals surface area contributed by atoms with E-state index in [0.29, 0.717) is 31.7 Å². The number of piperazine rings is 1. The summed E-state index contributed by atoms with van der Waals surface area (Å²) in [5.41, 5.74) is 0.368. The highest BCUT2D eigenvalue weighted by atomic mass is 35.5. The third kappa shape index (κ3) is 5.57. The molecule has 0 bridgehead atoms. The maximum absolute atomic E-state index is 13.0. The van der Waals surface area contributed by atoms with Gasteiger partial charge in [-0.1, -0.05) is 18.2 Å². The van der Waals surface area contributed by atoms with Gasteiger partial charge in [-0.2, -0.15) is 0 Å². The number of rotatable bonds is 5. The van der Waals surface area contributed by atoms with Gasteiger partial charge in [0.1, 0.15) is 0 Å². The molecule has 0 radical (unpaired) electrons. The van der Waals surface area contributed by atoms with Gasteiger partial charge in [-0.25, -0.2) is 4.79 Å². The number of para-hydroxylation sites is 1. The van der Waals surface area contributed by atoms with Crippen molar-refractivity contribution in [3.05, 3.63) is 39.9 Å². The third-order valence-corrected chi connectivity index (χ3v) is 5.43. The molecule has 0 aromatic heterocycles. The number of nitrogens with zero attached hydrogens (tertiary/aromatic N) is 4. The fourth-order valence-corrected chi connectivity index (χ4v) is 4.00. The van der Waals surface area contributed by atoms with E-state index < -0.39 is 11.0 Å². The maximum atomic E-state index is 13.0. The molecular weight excluding hydrogens is 400 g/mol. The quantitative estimate of drug-likeness (QED) is 0.527. The number of nitro benzene ring substituents is 1. The van der Waals surface area contributed by atoms with Crippen LogP contribution in [0.3, 0.4) is 0 Å². The normalized spacial score (nSPS) is 19.6. The molecule has 3 rings (SSSR count). The Hall–Kier alpha value is -2.39. The van der Waals surface area contributed by atoms with E-state index in [1.165, 1.54) is 13.2 Å². The van der Waals surface area contributed by atoms with E-state index in [9.17, 15) is 19.7 Å². The molecule has 0 aliphatic carbocycles. The van der Waals surface area contributed by atoms with E-state index in [0.717, 1.165) is 25.9 Å². The molecule has 10 heteroatoms. The van der Waals surface area contributed by atoms with Crippen molar-refractivity contribution in [3.8, 4) is 0 Å². The molecule has 0 N–H and O–H groups in total. The molecule has 2 amide bonds. The lowest BCUT2D eigenvalue weighted by atomic mass is 10.1. The standard InChI is InChI=1S/C19H26N4O5.ClH/c1-28-19(25)21-10-11-22(16(14-21)13-20-8-4-5-9-20)18(24)12-15-6-2-3-7-17(15)23(26)27;/h2-3,6-7,16H,4-5,8-14H2,1H3;1H. The predicted octanol–water partition coefficient (Wildman–Crippen LogP) is 1.93. The highest BCUT2D eigenvalue weighted by molar-refractivity contribution is 5.85. The van der Waals surface area contributed by atoms with Crippen LogP contribution in [-0.2, 0) is 16.0 Å². The third-order valence-electron chi connectivity index (χ3n) is 5.43. The molecule has 2 aliphatic heterocycles. The summed E-state index contributed by atoms with van der Waals surface area (Å²) >= 11 is 0. The summed E-state index contributed by atoms with van der Waals surface area (Å²) in [6, 6.07) is 6.18. The lowest BCUT2D eigenvalue weighted by molar-refractivity contribution is -0.385. The Balaban J connectivity index is 0.00000300. The lowest BCUT2D eigenvalue weighted by Gasteiger charge is -2.42. The highest BCUT2D eigenvalue weighted by Crippen LogP contribution is 2.21. The number of benzene rings is 1. The van der Waals surface area contributed by atoms with Crippen molar-refractivity contribution in [2.24, 2.45) is 0 Å². The van der Waals surface area contributed by atoms with Crippen LogP contribution in [0.2, 0.25) is 0 Å². The van der Waals surface area contributed by atoms with E-state index >= 15 is 0 Å². The van der Waals surface area contributed by atoms with Gasteiger partial charge in [-0.05, 0) is 25.9 Å². The van der Waals surface area contributed by atoms with Gasteiger partial charge >= 0.3 is 6.09 Å². The van der Waals surface area contributed by atoms with Crippen LogP contribution in [0.1, 0.15) is 18.4 Å². The summed E-state index contributed by atoms with van der Waals surface area (Å²) in [5.74, 6) is -0.150. The van der Waals surface area contributed by atoms with Crippen LogP contribution in [0.5, 0.6) is 0 Å². The number of carbonyl (C=O) groups excluding carboxylic acids is 2. The summed E-state index contributed by atoms with van der Waals surface area (Å²) in [6.07, 6.45) is 1.86. The van der Waals surface area contributed by atoms with Crippen molar-refractivity contribution in [1.29, 1.82) is 0 Å². The number of amides is 2. The summed E-state index contributed by atoms with van der Waals surface area (Å²) in [5, 5.41) is 11.2. The van der Waals surface area contributed by atoms with E-state index in [1.807, 2.05) is 0 Å². The van der Waals surface area contributed by atoms with Gasteiger partial charge in [0.15, 0.2) is 0 Å². The Labute approximate surface area is 176 Å². The van der Waals surface area contributed by atoms with E-state index in [-0.39, 0.29) is 36.5 Å². The molecule has 0 spiro atoms. The van der Waals surface area contributed by atoms with Crippen LogP contribution in [0.25, 0.3) is 0 Å². The van der Waals surface area contributed by atoms with Gasteiger partial charge in [-0.3, -0.25) is 14.9 Å². The zero-order valence-electron chi connectivity index (χ0n) is 16.5. The van der Waals surface area contributed by atoms with Gasteiger partial charge in [0.2, 0.25) is 5.91 Å². The number of hydrogen-bond donors (Lipinski definition) is 0. The van der Waals surface area contributed by atoms with Gasteiger partial charge in [0.25, 0.3) is 5.69 Å². The number of hydrogen-bond acceptors (Lipinski definition) is 6. The summed E-state index contributed by atoms with van der Waals surface area (Å²) in [6.45, 7) is 3.86. The number of nitro groups is 1. The topological polar surface area (TPSA) is 96.2 Å². The SMILES string of the molecule is COC(=O)N1CCN(C(=O)Cc2ccccc2[N+](=O)[O-])C(CN2CCCC2)C1.Cl. The van der Waals surface area contributed by atoms with Crippen LogP contribution < -0.4 is 0 Å². The largest absolute Gasteiger partial charge is 0.453 e. The van der Waals surface area contributed by atoms with Crippen LogP contribution in [0, 0.1) is 10.1 Å². The minimum Gasteiger partial charge on any atom is -0.453 e. The molecule has 1 atom stereocenters. The second-order valence-corrected chi connectivity index (χ2v) is 7.23. The first-order valence-electron chi connectivity index (χ1n) is 9.56. The van der Waals surface area contributed by atoms with Crippen LogP contribution in [-0.4, -0.2) is 84.0 Å². The van der Waals surface area contributed by atoms with Gasteiger partial charge in [0.05, 0.1) is 24.5 Å². The number of carbonyl (C=O) groups is 2. The van der Waals surface area contributed by atoms with Crippen molar-refractivity contribution >= 4 is 30.1 Å². The first-order chi connectivity index (χ1) is 13.5. The Bertz CT molecular complexity index is 741. The predicted molar refractivity (Wildman–Crippen MR) is 109 cm³/mol. The molecule has 160 valence electrons. The summed E-state index contributed by atoms with van der Waals surface area (Å²) in [7, 11) is 1.35. The number of halogens is 1. The second kappa shape index (κ2) is 10.4. The smallest absolute Gasteiger partial charge is 0.409 e. The van der Waals surface area contributed by atoms with Crippen molar-refractivity contribution in [1.82, 2.24) is 14.7 Å². The molecule has 2 aliphatic rings. The van der Waals surface area contributed by atoms with E-state index in [4.69, 9.17) is 4.74 Å². The molecule has 2 heterocycles. The van der Waals surface area contributed by atoms with Crippen LogP contribution in [0.15, 0.2) is 24.3 Å². The Morgan fingerprint density at radius 2 is 1.86 bits per heavy atom. The second-order valence-electron chi connectivity index (χ2n) is 7.23.